The number of hydrogen-bond donors (Lipinski definition) is 1. The molecule has 3 rings (SSSR count). The summed E-state index contributed by atoms with van der Waals surface area (Å²) in [6.07, 6.45) is 5.90. The Bertz CT molecular complexity index is 508. The summed E-state index contributed by atoms with van der Waals surface area (Å²) in [6, 6.07) is 0.497. The highest BCUT2D eigenvalue weighted by atomic mass is 15.5. The number of tetrazole rings is 1. The highest BCUT2D eigenvalue weighted by Gasteiger charge is 2.26. The molecule has 0 spiro atoms. The fourth-order valence-electron chi connectivity index (χ4n) is 2.44. The summed E-state index contributed by atoms with van der Waals surface area (Å²) < 4.78 is 1.75. The summed E-state index contributed by atoms with van der Waals surface area (Å²) in [7, 11) is 1.98. The second-order valence-electron chi connectivity index (χ2n) is 4.26. The molecule has 1 aliphatic heterocycles. The van der Waals surface area contributed by atoms with E-state index in [1.165, 1.54) is 12.8 Å². The van der Waals surface area contributed by atoms with Crippen LogP contribution in [0.4, 0.5) is 5.82 Å². The number of rotatable bonds is 3. The average molecular weight is 233 g/mol. The van der Waals surface area contributed by atoms with E-state index in [-0.39, 0.29) is 0 Å². The second kappa shape index (κ2) is 4.25. The Kier molecular flexibility index (Phi) is 2.60. The third kappa shape index (κ3) is 1.72. The molecule has 0 saturated carbocycles. The zero-order valence-corrected chi connectivity index (χ0v) is 9.74. The largest absolute Gasteiger partial charge is 0.351 e. The van der Waals surface area contributed by atoms with E-state index in [1.807, 2.05) is 13.2 Å². The van der Waals surface area contributed by atoms with Crippen LogP contribution in [0.25, 0.3) is 5.65 Å². The summed E-state index contributed by atoms with van der Waals surface area (Å²) in [5.74, 6) is 0.977. The molecule has 0 bridgehead atoms. The van der Waals surface area contributed by atoms with Crippen molar-refractivity contribution in [3.05, 3.63) is 12.4 Å². The SMILES string of the molecule is CNCC1CCCN1c1cncc2nnnn12. The summed E-state index contributed by atoms with van der Waals surface area (Å²) >= 11 is 0. The number of anilines is 1. The maximum atomic E-state index is 4.20. The number of likely N-dealkylation sites (N-methyl/N-ethyl adjacent to an activating group) is 1. The van der Waals surface area contributed by atoms with Crippen LogP contribution >= 0.6 is 0 Å². The molecule has 0 radical (unpaired) electrons. The van der Waals surface area contributed by atoms with Gasteiger partial charge in [-0.1, -0.05) is 0 Å². The van der Waals surface area contributed by atoms with Gasteiger partial charge in [-0.3, -0.25) is 4.98 Å². The maximum absolute atomic E-state index is 4.20. The third-order valence-electron chi connectivity index (χ3n) is 3.20. The normalized spacial score (nSPS) is 20.3. The van der Waals surface area contributed by atoms with Crippen LogP contribution < -0.4 is 10.2 Å². The van der Waals surface area contributed by atoms with Gasteiger partial charge in [-0.2, -0.15) is 4.52 Å². The highest BCUT2D eigenvalue weighted by Crippen LogP contribution is 2.24. The molecule has 1 saturated heterocycles. The minimum Gasteiger partial charge on any atom is -0.351 e. The Labute approximate surface area is 98.8 Å². The smallest absolute Gasteiger partial charge is 0.199 e. The van der Waals surface area contributed by atoms with Gasteiger partial charge < -0.3 is 10.2 Å². The molecule has 1 unspecified atom stereocenters. The molecule has 1 aliphatic rings. The fourth-order valence-corrected chi connectivity index (χ4v) is 2.44. The van der Waals surface area contributed by atoms with Gasteiger partial charge >= 0.3 is 0 Å². The summed E-state index contributed by atoms with van der Waals surface area (Å²) in [6.45, 7) is 2.01. The molecule has 3 heterocycles. The van der Waals surface area contributed by atoms with E-state index in [1.54, 1.807) is 10.7 Å². The Morgan fingerprint density at radius 1 is 1.47 bits per heavy atom. The fraction of sp³-hybridized carbons (Fsp3) is 0.600. The maximum Gasteiger partial charge on any atom is 0.199 e. The van der Waals surface area contributed by atoms with Crippen LogP contribution in [0.15, 0.2) is 12.4 Å². The summed E-state index contributed by atoms with van der Waals surface area (Å²) in [4.78, 5) is 6.53. The lowest BCUT2D eigenvalue weighted by Gasteiger charge is -2.25. The number of nitrogens with zero attached hydrogens (tertiary/aromatic N) is 6. The van der Waals surface area contributed by atoms with E-state index in [0.717, 1.165) is 18.9 Å². The monoisotopic (exact) mass is 233 g/mol. The van der Waals surface area contributed by atoms with Crippen LogP contribution in [0, 0.1) is 0 Å². The van der Waals surface area contributed by atoms with Gasteiger partial charge in [0.05, 0.1) is 12.4 Å². The molecule has 17 heavy (non-hydrogen) atoms. The Hall–Kier alpha value is -1.76. The summed E-state index contributed by atoms with van der Waals surface area (Å²) in [5, 5.41) is 14.8. The molecular weight excluding hydrogens is 218 g/mol. The first kappa shape index (κ1) is 10.4. The molecule has 2 aromatic rings. The molecule has 0 aliphatic carbocycles. The second-order valence-corrected chi connectivity index (χ2v) is 4.26. The molecule has 0 amide bonds. The van der Waals surface area contributed by atoms with Crippen molar-refractivity contribution in [2.45, 2.75) is 18.9 Å². The van der Waals surface area contributed by atoms with E-state index in [9.17, 15) is 0 Å². The molecular formula is C10H15N7. The number of nitrogens with one attached hydrogen (secondary N) is 1. The van der Waals surface area contributed by atoms with Crippen molar-refractivity contribution >= 4 is 11.5 Å². The van der Waals surface area contributed by atoms with Gasteiger partial charge in [-0.05, 0) is 30.3 Å². The number of aromatic nitrogens is 5. The van der Waals surface area contributed by atoms with Gasteiger partial charge in [0.15, 0.2) is 11.5 Å². The number of hydrogen-bond acceptors (Lipinski definition) is 6. The van der Waals surface area contributed by atoms with Gasteiger partial charge in [0.25, 0.3) is 0 Å². The first-order valence-electron chi connectivity index (χ1n) is 5.83. The first-order valence-corrected chi connectivity index (χ1v) is 5.83. The molecule has 7 heteroatoms. The minimum atomic E-state index is 0.497. The first-order chi connectivity index (χ1) is 8.40. The van der Waals surface area contributed by atoms with Crippen molar-refractivity contribution in [1.82, 2.24) is 30.3 Å². The zero-order chi connectivity index (χ0) is 11.7. The van der Waals surface area contributed by atoms with Crippen LogP contribution in [-0.2, 0) is 0 Å². The van der Waals surface area contributed by atoms with E-state index < -0.39 is 0 Å². The topological polar surface area (TPSA) is 71.2 Å². The van der Waals surface area contributed by atoms with Gasteiger partial charge in [0.2, 0.25) is 0 Å². The van der Waals surface area contributed by atoms with E-state index in [2.05, 4.69) is 30.7 Å². The molecule has 2 aromatic heterocycles. The lowest BCUT2D eigenvalue weighted by atomic mass is 10.2. The van der Waals surface area contributed by atoms with Crippen LogP contribution in [0.2, 0.25) is 0 Å². The van der Waals surface area contributed by atoms with Crippen molar-refractivity contribution in [2.75, 3.05) is 25.0 Å². The van der Waals surface area contributed by atoms with Gasteiger partial charge in [0.1, 0.15) is 0 Å². The van der Waals surface area contributed by atoms with Crippen molar-refractivity contribution in [1.29, 1.82) is 0 Å². The Morgan fingerprint density at radius 2 is 2.41 bits per heavy atom. The third-order valence-corrected chi connectivity index (χ3v) is 3.20. The average Bonchev–Trinajstić information content (AvgIpc) is 2.96. The van der Waals surface area contributed by atoms with Crippen LogP contribution in [-0.4, -0.2) is 51.2 Å². The standard InChI is InChI=1S/C10H15N7/c1-11-5-8-3-2-4-16(8)10-7-12-6-9-13-14-15-17(9)10/h6-8,11H,2-5H2,1H3. The predicted octanol–water partition coefficient (Wildman–Crippen LogP) is -0.293. The van der Waals surface area contributed by atoms with Gasteiger partial charge in [-0.15, -0.1) is 5.10 Å². The van der Waals surface area contributed by atoms with Crippen molar-refractivity contribution in [3.63, 3.8) is 0 Å². The highest BCUT2D eigenvalue weighted by molar-refractivity contribution is 5.47. The van der Waals surface area contributed by atoms with Gasteiger partial charge in [-0.25, -0.2) is 0 Å². The molecule has 1 atom stereocenters. The van der Waals surface area contributed by atoms with Crippen LogP contribution in [0.3, 0.4) is 0 Å². The molecule has 7 nitrogen and oxygen atoms in total. The van der Waals surface area contributed by atoms with E-state index >= 15 is 0 Å². The molecule has 1 N–H and O–H groups in total. The molecule has 1 fully saturated rings. The van der Waals surface area contributed by atoms with Crippen molar-refractivity contribution < 1.29 is 0 Å². The van der Waals surface area contributed by atoms with E-state index in [4.69, 9.17) is 0 Å². The molecule has 90 valence electrons. The van der Waals surface area contributed by atoms with Crippen LogP contribution in [0.1, 0.15) is 12.8 Å². The minimum absolute atomic E-state index is 0.497. The summed E-state index contributed by atoms with van der Waals surface area (Å²) in [5.41, 5.74) is 0.692. The predicted molar refractivity (Wildman–Crippen MR) is 62.9 cm³/mol. The molecule has 0 aromatic carbocycles. The Morgan fingerprint density at radius 3 is 3.29 bits per heavy atom. The number of fused-ring (bicyclic) bond motifs is 1. The Balaban J connectivity index is 1.99. The van der Waals surface area contributed by atoms with Crippen molar-refractivity contribution in [3.8, 4) is 0 Å². The lowest BCUT2D eigenvalue weighted by molar-refractivity contribution is 0.605. The van der Waals surface area contributed by atoms with Gasteiger partial charge in [0, 0.05) is 19.1 Å². The van der Waals surface area contributed by atoms with E-state index in [0.29, 0.717) is 11.7 Å². The quantitative estimate of drug-likeness (QED) is 0.785. The zero-order valence-electron chi connectivity index (χ0n) is 9.74. The van der Waals surface area contributed by atoms with Crippen molar-refractivity contribution in [2.24, 2.45) is 0 Å². The van der Waals surface area contributed by atoms with Crippen LogP contribution in [0.5, 0.6) is 0 Å². The lowest BCUT2D eigenvalue weighted by Crippen LogP contribution is -2.37.